The lowest BCUT2D eigenvalue weighted by atomic mass is 10.2. The summed E-state index contributed by atoms with van der Waals surface area (Å²) >= 11 is 0. The maximum Gasteiger partial charge on any atom is 0.261 e. The average molecular weight is 438 g/mol. The zero-order valence-electron chi connectivity index (χ0n) is 17.7. The molecule has 0 aliphatic carbocycles. The van der Waals surface area contributed by atoms with Gasteiger partial charge in [0.1, 0.15) is 22.7 Å². The summed E-state index contributed by atoms with van der Waals surface area (Å²) in [7, 11) is 0. The molecule has 0 aliphatic rings. The molecule has 0 spiro atoms. The molecule has 0 aliphatic heterocycles. The predicted molar refractivity (Wildman–Crippen MR) is 128 cm³/mol. The van der Waals surface area contributed by atoms with E-state index in [1.54, 1.807) is 18.2 Å². The third kappa shape index (κ3) is 3.89. The number of aryl methyl sites for hydroxylation is 1. The maximum absolute atomic E-state index is 13.3. The van der Waals surface area contributed by atoms with Crippen molar-refractivity contribution in [1.29, 1.82) is 0 Å². The van der Waals surface area contributed by atoms with E-state index in [2.05, 4.69) is 20.4 Å². The molecule has 5 aromatic rings. The highest BCUT2D eigenvalue weighted by Crippen LogP contribution is 2.28. The predicted octanol–water partition coefficient (Wildman–Crippen LogP) is 4.75. The number of amides is 1. The summed E-state index contributed by atoms with van der Waals surface area (Å²) < 4.78 is 14.6. The Hall–Kier alpha value is -4.59. The Morgan fingerprint density at radius 1 is 1.03 bits per heavy atom. The lowest BCUT2D eigenvalue weighted by Gasteiger charge is -2.06. The SMILES string of the molecule is Cc1cccc(NC(=O)c2c(N)n(N=Cc3ccc(F)cc3)c3nc4ccccc4nc23)c1. The molecule has 5 rings (SSSR count). The Labute approximate surface area is 188 Å². The normalized spacial score (nSPS) is 11.5. The highest BCUT2D eigenvalue weighted by atomic mass is 19.1. The molecular weight excluding hydrogens is 419 g/mol. The van der Waals surface area contributed by atoms with Crippen LogP contribution in [-0.4, -0.2) is 26.8 Å². The van der Waals surface area contributed by atoms with Crippen molar-refractivity contribution < 1.29 is 9.18 Å². The van der Waals surface area contributed by atoms with Crippen molar-refractivity contribution in [2.75, 3.05) is 11.1 Å². The van der Waals surface area contributed by atoms with E-state index in [0.29, 0.717) is 33.4 Å². The van der Waals surface area contributed by atoms with Gasteiger partial charge in [0.05, 0.1) is 17.2 Å². The van der Waals surface area contributed by atoms with Gasteiger partial charge in [-0.15, -0.1) is 0 Å². The van der Waals surface area contributed by atoms with Crippen molar-refractivity contribution in [3.63, 3.8) is 0 Å². The first-order valence-electron chi connectivity index (χ1n) is 10.2. The average Bonchev–Trinajstić information content (AvgIpc) is 3.07. The summed E-state index contributed by atoms with van der Waals surface area (Å²) in [6.07, 6.45) is 1.52. The Kier molecular flexibility index (Phi) is 5.02. The van der Waals surface area contributed by atoms with E-state index in [9.17, 15) is 9.18 Å². The van der Waals surface area contributed by atoms with E-state index in [-0.39, 0.29) is 17.2 Å². The van der Waals surface area contributed by atoms with Gasteiger partial charge in [-0.25, -0.2) is 14.4 Å². The molecule has 3 aromatic carbocycles. The third-order valence-electron chi connectivity index (χ3n) is 5.17. The van der Waals surface area contributed by atoms with Gasteiger partial charge in [0.2, 0.25) is 0 Å². The van der Waals surface area contributed by atoms with Gasteiger partial charge in [0.25, 0.3) is 5.91 Å². The Morgan fingerprint density at radius 2 is 1.76 bits per heavy atom. The van der Waals surface area contributed by atoms with Crippen molar-refractivity contribution >= 4 is 45.8 Å². The minimum absolute atomic E-state index is 0.101. The van der Waals surface area contributed by atoms with Crippen molar-refractivity contribution in [3.05, 3.63) is 95.3 Å². The molecule has 0 fully saturated rings. The van der Waals surface area contributed by atoms with Crippen LogP contribution in [-0.2, 0) is 0 Å². The van der Waals surface area contributed by atoms with E-state index in [4.69, 9.17) is 5.73 Å². The lowest BCUT2D eigenvalue weighted by molar-refractivity contribution is 0.102. The standard InChI is InChI=1S/C25H19FN6O/c1-15-5-4-6-18(13-15)29-25(33)21-22-24(31-20-8-3-2-7-19(20)30-22)32(23(21)27)28-14-16-9-11-17(26)12-10-16/h2-14H,27H2,1H3,(H,29,33). The van der Waals surface area contributed by atoms with E-state index in [1.807, 2.05) is 49.4 Å². The van der Waals surface area contributed by atoms with Crippen molar-refractivity contribution in [1.82, 2.24) is 14.6 Å². The van der Waals surface area contributed by atoms with Crippen LogP contribution in [0, 0.1) is 12.7 Å². The van der Waals surface area contributed by atoms with Crippen molar-refractivity contribution in [2.45, 2.75) is 6.92 Å². The molecule has 0 atom stereocenters. The topological polar surface area (TPSA) is 98.2 Å². The molecule has 1 amide bonds. The number of fused-ring (bicyclic) bond motifs is 2. The summed E-state index contributed by atoms with van der Waals surface area (Å²) in [5, 5.41) is 7.31. The van der Waals surface area contributed by atoms with Gasteiger partial charge in [-0.3, -0.25) is 4.79 Å². The summed E-state index contributed by atoms with van der Waals surface area (Å²) in [6.45, 7) is 1.94. The number of benzene rings is 3. The molecule has 0 saturated heterocycles. The van der Waals surface area contributed by atoms with Gasteiger partial charge in [-0.05, 0) is 54.4 Å². The van der Waals surface area contributed by atoms with E-state index in [1.165, 1.54) is 23.0 Å². The Bertz CT molecular complexity index is 1540. The largest absolute Gasteiger partial charge is 0.383 e. The summed E-state index contributed by atoms with van der Waals surface area (Å²) in [5.41, 5.74) is 10.9. The van der Waals surface area contributed by atoms with Crippen molar-refractivity contribution in [2.24, 2.45) is 5.10 Å². The van der Waals surface area contributed by atoms with Crippen LogP contribution in [0.4, 0.5) is 15.9 Å². The molecule has 0 unspecified atom stereocenters. The van der Waals surface area contributed by atoms with Crippen LogP contribution < -0.4 is 11.1 Å². The minimum Gasteiger partial charge on any atom is -0.383 e. The molecule has 0 saturated carbocycles. The van der Waals surface area contributed by atoms with Crippen LogP contribution in [0.15, 0.2) is 77.9 Å². The molecule has 0 radical (unpaired) electrons. The molecular formula is C25H19FN6O. The fraction of sp³-hybridized carbons (Fsp3) is 0.0400. The van der Waals surface area contributed by atoms with Gasteiger partial charge < -0.3 is 11.1 Å². The third-order valence-corrected chi connectivity index (χ3v) is 5.17. The number of anilines is 2. The quantitative estimate of drug-likeness (QED) is 0.396. The van der Waals surface area contributed by atoms with E-state index >= 15 is 0 Å². The summed E-state index contributed by atoms with van der Waals surface area (Å²) in [4.78, 5) is 22.6. The minimum atomic E-state index is -0.414. The van der Waals surface area contributed by atoms with Gasteiger partial charge in [0.15, 0.2) is 5.65 Å². The number of carbonyl (C=O) groups is 1. The van der Waals surface area contributed by atoms with E-state index < -0.39 is 5.91 Å². The van der Waals surface area contributed by atoms with Crippen LogP contribution in [0.2, 0.25) is 0 Å². The Morgan fingerprint density at radius 3 is 2.48 bits per heavy atom. The first kappa shape index (κ1) is 20.3. The van der Waals surface area contributed by atoms with Gasteiger partial charge >= 0.3 is 0 Å². The molecule has 8 heteroatoms. The highest BCUT2D eigenvalue weighted by Gasteiger charge is 2.24. The fourth-order valence-electron chi connectivity index (χ4n) is 3.58. The maximum atomic E-state index is 13.3. The zero-order valence-corrected chi connectivity index (χ0v) is 17.7. The zero-order chi connectivity index (χ0) is 22.9. The molecule has 33 heavy (non-hydrogen) atoms. The smallest absolute Gasteiger partial charge is 0.261 e. The number of carbonyl (C=O) groups excluding carboxylic acids is 1. The number of para-hydroxylation sites is 2. The van der Waals surface area contributed by atoms with Gasteiger partial charge in [0, 0.05) is 5.69 Å². The number of nitrogen functional groups attached to an aromatic ring is 1. The first-order chi connectivity index (χ1) is 16.0. The molecule has 3 N–H and O–H groups in total. The summed E-state index contributed by atoms with van der Waals surface area (Å²) in [6, 6.07) is 20.7. The molecule has 2 aromatic heterocycles. The number of hydrogen-bond acceptors (Lipinski definition) is 5. The van der Waals surface area contributed by atoms with E-state index in [0.717, 1.165) is 5.56 Å². The van der Waals surface area contributed by atoms with Crippen LogP contribution in [0.5, 0.6) is 0 Å². The molecule has 2 heterocycles. The number of hydrogen-bond donors (Lipinski definition) is 2. The number of aromatic nitrogens is 3. The van der Waals surface area contributed by atoms with Crippen LogP contribution in [0.3, 0.4) is 0 Å². The number of halogens is 1. The second kappa shape index (κ2) is 8.16. The molecule has 0 bridgehead atoms. The van der Waals surface area contributed by atoms with Crippen molar-refractivity contribution in [3.8, 4) is 0 Å². The molecule has 7 nitrogen and oxygen atoms in total. The van der Waals surface area contributed by atoms with Crippen LogP contribution in [0.1, 0.15) is 21.5 Å². The highest BCUT2D eigenvalue weighted by molar-refractivity contribution is 6.16. The second-order valence-corrected chi connectivity index (χ2v) is 7.58. The lowest BCUT2D eigenvalue weighted by Crippen LogP contribution is -2.14. The number of nitrogens with one attached hydrogen (secondary N) is 1. The summed E-state index contributed by atoms with van der Waals surface area (Å²) in [5.74, 6) is -0.655. The first-order valence-corrected chi connectivity index (χ1v) is 10.2. The Balaban J connectivity index is 1.66. The fourth-order valence-corrected chi connectivity index (χ4v) is 3.58. The number of nitrogens with zero attached hydrogens (tertiary/aromatic N) is 4. The second-order valence-electron chi connectivity index (χ2n) is 7.58. The number of nitrogens with two attached hydrogens (primary N) is 1. The van der Waals surface area contributed by atoms with Crippen LogP contribution >= 0.6 is 0 Å². The number of rotatable bonds is 4. The van der Waals surface area contributed by atoms with Crippen LogP contribution in [0.25, 0.3) is 22.2 Å². The molecule has 162 valence electrons. The van der Waals surface area contributed by atoms with Gasteiger partial charge in [-0.2, -0.15) is 9.78 Å². The van der Waals surface area contributed by atoms with Gasteiger partial charge in [-0.1, -0.05) is 36.4 Å². The monoisotopic (exact) mass is 438 g/mol.